The molecule has 1 saturated carbocycles. The molecule has 84 valence electrons. The van der Waals surface area contributed by atoms with E-state index in [0.29, 0.717) is 12.5 Å². The van der Waals surface area contributed by atoms with Crippen LogP contribution < -0.4 is 0 Å². The Labute approximate surface area is 86.3 Å². The van der Waals surface area contributed by atoms with E-state index in [0.717, 1.165) is 26.1 Å². The summed E-state index contributed by atoms with van der Waals surface area (Å²) in [7, 11) is 0. The highest BCUT2D eigenvalue weighted by molar-refractivity contribution is 4.63. The van der Waals surface area contributed by atoms with Crippen molar-refractivity contribution in [3.8, 4) is 0 Å². The molecule has 3 heteroatoms. The molecule has 1 aliphatic heterocycles. The smallest absolute Gasteiger partial charge is 0.0823 e. The quantitative estimate of drug-likeness (QED) is 0.663. The van der Waals surface area contributed by atoms with Gasteiger partial charge >= 0.3 is 0 Å². The molecule has 0 atom stereocenters. The van der Waals surface area contributed by atoms with Gasteiger partial charge in [0, 0.05) is 6.61 Å². The van der Waals surface area contributed by atoms with Crippen molar-refractivity contribution in [3.05, 3.63) is 0 Å². The molecule has 0 amide bonds. The zero-order chi connectivity index (χ0) is 10.1. The number of aliphatic hydroxyl groups is 1. The van der Waals surface area contributed by atoms with Gasteiger partial charge in [0.15, 0.2) is 0 Å². The fourth-order valence-electron chi connectivity index (χ4n) is 1.81. The molecule has 0 radical (unpaired) electrons. The first-order valence-corrected chi connectivity index (χ1v) is 5.78. The van der Waals surface area contributed by atoms with Crippen molar-refractivity contribution in [1.29, 1.82) is 0 Å². The van der Waals surface area contributed by atoms with E-state index in [-0.39, 0.29) is 0 Å². The number of hydrogen-bond acceptors (Lipinski definition) is 3. The molecule has 0 aromatic heterocycles. The third kappa shape index (κ3) is 5.58. The number of aliphatic hydroxyl groups excluding tert-OH is 1. The van der Waals surface area contributed by atoms with Crippen LogP contribution in [0.25, 0.3) is 0 Å². The minimum atomic E-state index is 0.417. The molecule has 1 saturated heterocycles. The fourth-order valence-corrected chi connectivity index (χ4v) is 1.81. The van der Waals surface area contributed by atoms with Crippen molar-refractivity contribution in [3.63, 3.8) is 0 Å². The van der Waals surface area contributed by atoms with E-state index < -0.39 is 0 Å². The van der Waals surface area contributed by atoms with Crippen molar-refractivity contribution in [1.82, 2.24) is 0 Å². The Balaban J connectivity index is 0.000000146. The molecule has 1 heterocycles. The van der Waals surface area contributed by atoms with Crippen molar-refractivity contribution >= 4 is 0 Å². The molecule has 3 nitrogen and oxygen atoms in total. The largest absolute Gasteiger partial charge is 0.396 e. The molecule has 1 aliphatic carbocycles. The van der Waals surface area contributed by atoms with Crippen LogP contribution in [0, 0.1) is 5.92 Å². The predicted molar refractivity (Wildman–Crippen MR) is 54.8 cm³/mol. The van der Waals surface area contributed by atoms with Crippen LogP contribution in [0.3, 0.4) is 0 Å². The van der Waals surface area contributed by atoms with Crippen molar-refractivity contribution < 1.29 is 14.9 Å². The maximum absolute atomic E-state index is 8.69. The van der Waals surface area contributed by atoms with Crippen molar-refractivity contribution in [2.45, 2.75) is 44.9 Å². The van der Waals surface area contributed by atoms with Crippen molar-refractivity contribution in [2.24, 2.45) is 5.92 Å². The molecule has 14 heavy (non-hydrogen) atoms. The first kappa shape index (κ1) is 12.0. The second-order valence-electron chi connectivity index (χ2n) is 4.04. The Morgan fingerprint density at radius 2 is 1.43 bits per heavy atom. The SMILES string of the molecule is C1CCOOC1.OCC1CCCCC1. The lowest BCUT2D eigenvalue weighted by atomic mass is 9.90. The van der Waals surface area contributed by atoms with Gasteiger partial charge in [0.1, 0.15) is 0 Å². The highest BCUT2D eigenvalue weighted by Gasteiger charge is 2.10. The summed E-state index contributed by atoms with van der Waals surface area (Å²) in [6, 6.07) is 0. The van der Waals surface area contributed by atoms with Crippen LogP contribution in [0.4, 0.5) is 0 Å². The third-order valence-corrected chi connectivity index (χ3v) is 2.77. The molecule has 2 rings (SSSR count). The standard InChI is InChI=1S/C7H14O.C4H8O2/c8-6-7-4-2-1-3-5-7;1-2-4-6-5-3-1/h7-8H,1-6H2;1-4H2. The molecule has 0 unspecified atom stereocenters. The highest BCUT2D eigenvalue weighted by atomic mass is 17.2. The van der Waals surface area contributed by atoms with E-state index in [2.05, 4.69) is 9.78 Å². The van der Waals surface area contributed by atoms with Gasteiger partial charge in [-0.05, 0) is 31.6 Å². The molecular formula is C11H22O3. The van der Waals surface area contributed by atoms with E-state index >= 15 is 0 Å². The van der Waals surface area contributed by atoms with Crippen LogP contribution in [0.2, 0.25) is 0 Å². The lowest BCUT2D eigenvalue weighted by Gasteiger charge is -2.18. The molecule has 0 aromatic rings. The van der Waals surface area contributed by atoms with E-state index in [9.17, 15) is 0 Å². The lowest BCUT2D eigenvalue weighted by molar-refractivity contribution is -0.312. The van der Waals surface area contributed by atoms with Crippen molar-refractivity contribution in [2.75, 3.05) is 19.8 Å². The average Bonchev–Trinajstić information content (AvgIpc) is 2.33. The summed E-state index contributed by atoms with van der Waals surface area (Å²) in [6.45, 7) is 1.97. The molecule has 2 fully saturated rings. The Kier molecular flexibility index (Phi) is 7.01. The van der Waals surface area contributed by atoms with E-state index in [1.165, 1.54) is 32.1 Å². The van der Waals surface area contributed by atoms with Gasteiger partial charge < -0.3 is 5.11 Å². The van der Waals surface area contributed by atoms with Crippen LogP contribution in [-0.4, -0.2) is 24.9 Å². The normalized spacial score (nSPS) is 23.8. The van der Waals surface area contributed by atoms with Crippen LogP contribution in [0.15, 0.2) is 0 Å². The Bertz CT molecular complexity index is 106. The second kappa shape index (κ2) is 8.21. The minimum Gasteiger partial charge on any atom is -0.396 e. The van der Waals surface area contributed by atoms with Crippen LogP contribution in [-0.2, 0) is 9.78 Å². The van der Waals surface area contributed by atoms with Crippen LogP contribution in [0.1, 0.15) is 44.9 Å². The van der Waals surface area contributed by atoms with Crippen LogP contribution >= 0.6 is 0 Å². The molecule has 0 aromatic carbocycles. The van der Waals surface area contributed by atoms with Gasteiger partial charge in [0.25, 0.3) is 0 Å². The van der Waals surface area contributed by atoms with Gasteiger partial charge in [-0.3, -0.25) is 0 Å². The maximum Gasteiger partial charge on any atom is 0.0823 e. The fraction of sp³-hybridized carbons (Fsp3) is 1.00. The molecule has 2 aliphatic rings. The van der Waals surface area contributed by atoms with Gasteiger partial charge in [-0.2, -0.15) is 0 Å². The zero-order valence-electron chi connectivity index (χ0n) is 8.91. The monoisotopic (exact) mass is 202 g/mol. The molecular weight excluding hydrogens is 180 g/mol. The van der Waals surface area contributed by atoms with Crippen LogP contribution in [0.5, 0.6) is 0 Å². The predicted octanol–water partition coefficient (Wildman–Crippen LogP) is 2.29. The number of rotatable bonds is 1. The van der Waals surface area contributed by atoms with E-state index in [4.69, 9.17) is 5.11 Å². The van der Waals surface area contributed by atoms with E-state index in [1.807, 2.05) is 0 Å². The van der Waals surface area contributed by atoms with Gasteiger partial charge in [-0.25, -0.2) is 9.78 Å². The Morgan fingerprint density at radius 3 is 1.71 bits per heavy atom. The summed E-state index contributed by atoms with van der Waals surface area (Å²) in [5.41, 5.74) is 0. The summed E-state index contributed by atoms with van der Waals surface area (Å²) < 4.78 is 0. The maximum atomic E-state index is 8.69. The van der Waals surface area contributed by atoms with E-state index in [1.54, 1.807) is 0 Å². The summed E-state index contributed by atoms with van der Waals surface area (Å²) in [5.74, 6) is 0.642. The van der Waals surface area contributed by atoms with Gasteiger partial charge in [-0.15, -0.1) is 0 Å². The zero-order valence-corrected chi connectivity index (χ0v) is 8.91. The molecule has 0 spiro atoms. The lowest BCUT2D eigenvalue weighted by Crippen LogP contribution is -2.09. The average molecular weight is 202 g/mol. The summed E-state index contributed by atoms with van der Waals surface area (Å²) >= 11 is 0. The summed E-state index contributed by atoms with van der Waals surface area (Å²) in [6.07, 6.45) is 8.89. The first-order valence-electron chi connectivity index (χ1n) is 5.78. The minimum absolute atomic E-state index is 0.417. The topological polar surface area (TPSA) is 38.7 Å². The highest BCUT2D eigenvalue weighted by Crippen LogP contribution is 2.22. The first-order chi connectivity index (χ1) is 6.93. The Morgan fingerprint density at radius 1 is 0.857 bits per heavy atom. The molecule has 0 bridgehead atoms. The second-order valence-corrected chi connectivity index (χ2v) is 4.04. The third-order valence-electron chi connectivity index (χ3n) is 2.77. The summed E-state index contributed by atoms with van der Waals surface area (Å²) in [5, 5.41) is 8.69. The van der Waals surface area contributed by atoms with Gasteiger partial charge in [-0.1, -0.05) is 19.3 Å². The van der Waals surface area contributed by atoms with Gasteiger partial charge in [0.05, 0.1) is 13.2 Å². The van der Waals surface area contributed by atoms with Gasteiger partial charge in [0.2, 0.25) is 0 Å². The Hall–Kier alpha value is -0.120. The summed E-state index contributed by atoms with van der Waals surface area (Å²) in [4.78, 5) is 9.14. The number of hydrogen-bond donors (Lipinski definition) is 1. The molecule has 1 N–H and O–H groups in total.